The minimum atomic E-state index is -3.47. The third kappa shape index (κ3) is 5.36. The molecule has 0 bridgehead atoms. The summed E-state index contributed by atoms with van der Waals surface area (Å²) in [5.74, 6) is -0.637. The summed E-state index contributed by atoms with van der Waals surface area (Å²) in [5.41, 5.74) is 0.531. The van der Waals surface area contributed by atoms with E-state index in [4.69, 9.17) is 20.8 Å². The number of furan rings is 1. The van der Waals surface area contributed by atoms with Gasteiger partial charge in [0.1, 0.15) is 11.5 Å². The van der Waals surface area contributed by atoms with Crippen molar-refractivity contribution in [2.24, 2.45) is 0 Å². The predicted molar refractivity (Wildman–Crippen MR) is 90.7 cm³/mol. The van der Waals surface area contributed by atoms with E-state index in [1.54, 1.807) is 24.3 Å². The van der Waals surface area contributed by atoms with Gasteiger partial charge in [-0.25, -0.2) is 8.42 Å². The average Bonchev–Trinajstić information content (AvgIpc) is 2.97. The van der Waals surface area contributed by atoms with Gasteiger partial charge < -0.3 is 14.5 Å². The van der Waals surface area contributed by atoms with Gasteiger partial charge in [0.2, 0.25) is 0 Å². The van der Waals surface area contributed by atoms with Crippen LogP contribution < -0.4 is 5.32 Å². The van der Waals surface area contributed by atoms with Gasteiger partial charge in [0.15, 0.2) is 15.6 Å². The molecule has 24 heavy (non-hydrogen) atoms. The molecule has 6 nitrogen and oxygen atoms in total. The fourth-order valence-electron chi connectivity index (χ4n) is 2.05. The molecule has 0 aliphatic rings. The number of ether oxygens (including phenoxy) is 1. The summed E-state index contributed by atoms with van der Waals surface area (Å²) in [6.45, 7) is 0.724. The SMILES string of the molecule is COCCNC(=O)c1ccc(CS(=O)(=O)Cc2ccccc2Cl)o1. The van der Waals surface area contributed by atoms with Crippen molar-refractivity contribution in [1.29, 1.82) is 0 Å². The molecular formula is C16H18ClNO5S. The first-order chi connectivity index (χ1) is 11.4. The molecule has 1 heterocycles. The number of carbonyl (C=O) groups is 1. The molecule has 1 aromatic carbocycles. The number of rotatable bonds is 8. The van der Waals surface area contributed by atoms with Gasteiger partial charge in [-0.05, 0) is 23.8 Å². The fraction of sp³-hybridized carbons (Fsp3) is 0.312. The van der Waals surface area contributed by atoms with Gasteiger partial charge in [0.05, 0.1) is 12.4 Å². The van der Waals surface area contributed by atoms with E-state index in [-0.39, 0.29) is 23.0 Å². The third-order valence-electron chi connectivity index (χ3n) is 3.17. The summed E-state index contributed by atoms with van der Waals surface area (Å²) < 4.78 is 34.7. The predicted octanol–water partition coefficient (Wildman–Crippen LogP) is 2.42. The van der Waals surface area contributed by atoms with Crippen LogP contribution in [0.2, 0.25) is 5.02 Å². The Morgan fingerprint density at radius 2 is 1.96 bits per heavy atom. The Kier molecular flexibility index (Phi) is 6.42. The number of sulfone groups is 1. The molecule has 0 spiro atoms. The van der Waals surface area contributed by atoms with E-state index >= 15 is 0 Å². The van der Waals surface area contributed by atoms with E-state index in [1.165, 1.54) is 19.2 Å². The highest BCUT2D eigenvalue weighted by atomic mass is 35.5. The van der Waals surface area contributed by atoms with E-state index in [9.17, 15) is 13.2 Å². The highest BCUT2D eigenvalue weighted by Crippen LogP contribution is 2.20. The first-order valence-electron chi connectivity index (χ1n) is 7.21. The van der Waals surface area contributed by atoms with E-state index in [0.29, 0.717) is 23.7 Å². The number of amides is 1. The number of carbonyl (C=O) groups excluding carboxylic acids is 1. The number of methoxy groups -OCH3 is 1. The number of halogens is 1. The number of benzene rings is 1. The molecule has 130 valence electrons. The molecule has 1 aromatic heterocycles. The van der Waals surface area contributed by atoms with E-state index in [2.05, 4.69) is 5.32 Å². The zero-order valence-corrected chi connectivity index (χ0v) is 14.7. The van der Waals surface area contributed by atoms with Crippen molar-refractivity contribution >= 4 is 27.3 Å². The van der Waals surface area contributed by atoms with Crippen molar-refractivity contribution in [1.82, 2.24) is 5.32 Å². The van der Waals surface area contributed by atoms with Gasteiger partial charge in [0, 0.05) is 18.7 Å². The maximum atomic E-state index is 12.3. The van der Waals surface area contributed by atoms with Gasteiger partial charge in [-0.3, -0.25) is 4.79 Å². The highest BCUT2D eigenvalue weighted by Gasteiger charge is 2.19. The van der Waals surface area contributed by atoms with Gasteiger partial charge in [-0.2, -0.15) is 0 Å². The quantitative estimate of drug-likeness (QED) is 0.720. The molecule has 2 aromatic rings. The molecule has 0 atom stereocenters. The lowest BCUT2D eigenvalue weighted by Crippen LogP contribution is -2.26. The van der Waals surface area contributed by atoms with Gasteiger partial charge >= 0.3 is 0 Å². The van der Waals surface area contributed by atoms with Crippen LogP contribution in [0.4, 0.5) is 0 Å². The molecule has 0 saturated carbocycles. The van der Waals surface area contributed by atoms with E-state index in [1.807, 2.05) is 0 Å². The Balaban J connectivity index is 2.00. The van der Waals surface area contributed by atoms with Crippen LogP contribution in [0.15, 0.2) is 40.8 Å². The van der Waals surface area contributed by atoms with Crippen molar-refractivity contribution in [3.63, 3.8) is 0 Å². The number of hydrogen-bond acceptors (Lipinski definition) is 5. The van der Waals surface area contributed by atoms with Crippen LogP contribution >= 0.6 is 11.6 Å². The van der Waals surface area contributed by atoms with Crippen LogP contribution in [0.3, 0.4) is 0 Å². The van der Waals surface area contributed by atoms with Crippen LogP contribution in [0.1, 0.15) is 21.9 Å². The molecule has 0 aliphatic carbocycles. The summed E-state index contributed by atoms with van der Waals surface area (Å²) >= 11 is 5.99. The molecule has 8 heteroatoms. The van der Waals surface area contributed by atoms with Crippen LogP contribution in [-0.2, 0) is 26.1 Å². The molecule has 0 aliphatic heterocycles. The molecule has 1 amide bonds. The van der Waals surface area contributed by atoms with Crippen molar-refractivity contribution in [2.45, 2.75) is 11.5 Å². The lowest BCUT2D eigenvalue weighted by atomic mass is 10.2. The summed E-state index contributed by atoms with van der Waals surface area (Å²) in [6, 6.07) is 9.70. The zero-order chi connectivity index (χ0) is 17.6. The van der Waals surface area contributed by atoms with Crippen molar-refractivity contribution in [2.75, 3.05) is 20.3 Å². The van der Waals surface area contributed by atoms with E-state index < -0.39 is 15.7 Å². The first-order valence-corrected chi connectivity index (χ1v) is 9.41. The fourth-order valence-corrected chi connectivity index (χ4v) is 3.75. The van der Waals surface area contributed by atoms with Crippen LogP contribution in [0.5, 0.6) is 0 Å². The van der Waals surface area contributed by atoms with Gasteiger partial charge in [-0.15, -0.1) is 0 Å². The third-order valence-corrected chi connectivity index (χ3v) is 5.02. The number of nitrogens with one attached hydrogen (secondary N) is 1. The lowest BCUT2D eigenvalue weighted by Gasteiger charge is -2.05. The van der Waals surface area contributed by atoms with Crippen molar-refractivity contribution in [3.8, 4) is 0 Å². The monoisotopic (exact) mass is 371 g/mol. The molecule has 0 unspecified atom stereocenters. The molecule has 1 N–H and O–H groups in total. The van der Waals surface area contributed by atoms with Gasteiger partial charge in [-0.1, -0.05) is 29.8 Å². The molecule has 2 rings (SSSR count). The minimum Gasteiger partial charge on any atom is -0.455 e. The Morgan fingerprint density at radius 3 is 2.67 bits per heavy atom. The summed E-state index contributed by atoms with van der Waals surface area (Å²) in [4.78, 5) is 11.8. The lowest BCUT2D eigenvalue weighted by molar-refractivity contribution is 0.0908. The second-order valence-electron chi connectivity index (χ2n) is 5.14. The summed E-state index contributed by atoms with van der Waals surface area (Å²) in [7, 11) is -1.94. The topological polar surface area (TPSA) is 85.6 Å². The maximum absolute atomic E-state index is 12.3. The second-order valence-corrected chi connectivity index (χ2v) is 7.61. The first kappa shape index (κ1) is 18.5. The standard InChI is InChI=1S/C16H18ClNO5S/c1-22-9-8-18-16(19)15-7-6-13(23-15)11-24(20,21)10-12-4-2-3-5-14(12)17/h2-7H,8-11H2,1H3,(H,18,19). The molecule has 0 fully saturated rings. The zero-order valence-electron chi connectivity index (χ0n) is 13.1. The molecule has 0 saturated heterocycles. The van der Waals surface area contributed by atoms with Crippen LogP contribution in [-0.4, -0.2) is 34.6 Å². The summed E-state index contributed by atoms with van der Waals surface area (Å²) in [5, 5.41) is 3.00. The Morgan fingerprint density at radius 1 is 1.21 bits per heavy atom. The Bertz CT molecular complexity index is 800. The van der Waals surface area contributed by atoms with Crippen molar-refractivity contribution < 1.29 is 22.4 Å². The average molecular weight is 372 g/mol. The second kappa shape index (κ2) is 8.32. The van der Waals surface area contributed by atoms with Crippen molar-refractivity contribution in [3.05, 3.63) is 58.5 Å². The van der Waals surface area contributed by atoms with Crippen LogP contribution in [0.25, 0.3) is 0 Å². The summed E-state index contributed by atoms with van der Waals surface area (Å²) in [6.07, 6.45) is 0. The van der Waals surface area contributed by atoms with Gasteiger partial charge in [0.25, 0.3) is 5.91 Å². The van der Waals surface area contributed by atoms with E-state index in [0.717, 1.165) is 0 Å². The smallest absolute Gasteiger partial charge is 0.287 e. The Labute approximate surface area is 145 Å². The molecular weight excluding hydrogens is 354 g/mol. The molecule has 0 radical (unpaired) electrons. The number of hydrogen-bond donors (Lipinski definition) is 1. The Hall–Kier alpha value is -1.83. The highest BCUT2D eigenvalue weighted by molar-refractivity contribution is 7.89. The maximum Gasteiger partial charge on any atom is 0.287 e. The van der Waals surface area contributed by atoms with Crippen LogP contribution in [0, 0.1) is 0 Å². The normalized spacial score (nSPS) is 11.4. The largest absolute Gasteiger partial charge is 0.455 e. The minimum absolute atomic E-state index is 0.0639.